The maximum atomic E-state index is 12.2. The number of pyridine rings is 1. The molecule has 2 aromatic carbocycles. The smallest absolute Gasteiger partial charge is 0.253 e. The lowest BCUT2D eigenvalue weighted by Crippen LogP contribution is -2.22. The first-order chi connectivity index (χ1) is 12.1. The Hall–Kier alpha value is -2.85. The number of nitrogens with one attached hydrogen (secondary N) is 2. The predicted molar refractivity (Wildman–Crippen MR) is 101 cm³/mol. The first-order valence-corrected chi connectivity index (χ1v) is 8.31. The number of anilines is 2. The maximum absolute atomic E-state index is 12.2. The summed E-state index contributed by atoms with van der Waals surface area (Å²) in [6, 6.07) is 19.0. The van der Waals surface area contributed by atoms with Crippen molar-refractivity contribution in [1.29, 1.82) is 0 Å². The number of carbonyl (C=O) groups is 1. The average Bonchev–Trinajstić information content (AvgIpc) is 2.65. The van der Waals surface area contributed by atoms with Crippen LogP contribution in [-0.2, 0) is 6.54 Å². The number of benzene rings is 2. The lowest BCUT2D eigenvalue weighted by Gasteiger charge is -2.10. The Labute approximate surface area is 151 Å². The van der Waals surface area contributed by atoms with E-state index in [1.54, 1.807) is 18.3 Å². The van der Waals surface area contributed by atoms with Crippen LogP contribution in [0.1, 0.15) is 21.5 Å². The third-order valence-corrected chi connectivity index (χ3v) is 4.26. The second-order valence-corrected chi connectivity index (χ2v) is 6.04. The molecule has 3 rings (SSSR count). The Balaban J connectivity index is 1.63. The van der Waals surface area contributed by atoms with Crippen LogP contribution in [0, 0.1) is 6.92 Å². The third-order valence-electron chi connectivity index (χ3n) is 3.85. The Kier molecular flexibility index (Phi) is 5.31. The first-order valence-electron chi connectivity index (χ1n) is 7.94. The third kappa shape index (κ3) is 4.37. The van der Waals surface area contributed by atoms with Crippen molar-refractivity contribution in [2.45, 2.75) is 13.5 Å². The van der Waals surface area contributed by atoms with E-state index >= 15 is 0 Å². The molecule has 4 nitrogen and oxygen atoms in total. The fourth-order valence-corrected chi connectivity index (χ4v) is 2.54. The molecule has 0 saturated heterocycles. The molecule has 0 bridgehead atoms. The second-order valence-electron chi connectivity index (χ2n) is 5.64. The molecule has 126 valence electrons. The summed E-state index contributed by atoms with van der Waals surface area (Å²) in [5, 5.41) is 6.79. The summed E-state index contributed by atoms with van der Waals surface area (Å²) in [4.78, 5) is 16.5. The minimum absolute atomic E-state index is 0.151. The first kappa shape index (κ1) is 17.0. The number of amides is 1. The van der Waals surface area contributed by atoms with Crippen molar-refractivity contribution in [3.8, 4) is 0 Å². The SMILES string of the molecule is Cc1c(Cl)cccc1Nc1ccc(C(=O)NCc2ccccc2)cn1. The van der Waals surface area contributed by atoms with Gasteiger partial charge in [-0.25, -0.2) is 4.98 Å². The minimum atomic E-state index is -0.151. The molecule has 0 atom stereocenters. The summed E-state index contributed by atoms with van der Waals surface area (Å²) in [7, 11) is 0. The lowest BCUT2D eigenvalue weighted by molar-refractivity contribution is 0.0950. The van der Waals surface area contributed by atoms with E-state index in [4.69, 9.17) is 11.6 Å². The Morgan fingerprint density at radius 3 is 2.56 bits per heavy atom. The van der Waals surface area contributed by atoms with Gasteiger partial charge < -0.3 is 10.6 Å². The standard InChI is InChI=1S/C20H18ClN3O/c1-14-17(21)8-5-9-18(14)24-19-11-10-16(13-22-19)20(25)23-12-15-6-3-2-4-7-15/h2-11,13H,12H2,1H3,(H,22,24)(H,23,25). The van der Waals surface area contributed by atoms with Crippen LogP contribution in [0.4, 0.5) is 11.5 Å². The van der Waals surface area contributed by atoms with Crippen LogP contribution < -0.4 is 10.6 Å². The number of halogens is 1. The highest BCUT2D eigenvalue weighted by Crippen LogP contribution is 2.25. The number of carbonyl (C=O) groups excluding carboxylic acids is 1. The van der Waals surface area contributed by atoms with Gasteiger partial charge in [0.15, 0.2) is 0 Å². The summed E-state index contributed by atoms with van der Waals surface area (Å²) in [6.45, 7) is 2.43. The van der Waals surface area contributed by atoms with Crippen LogP contribution in [0.15, 0.2) is 66.9 Å². The largest absolute Gasteiger partial charge is 0.348 e. The van der Waals surface area contributed by atoms with Crippen molar-refractivity contribution in [3.05, 3.63) is 88.6 Å². The van der Waals surface area contributed by atoms with E-state index in [2.05, 4.69) is 15.6 Å². The molecule has 1 amide bonds. The number of aromatic nitrogens is 1. The van der Waals surface area contributed by atoms with E-state index in [1.807, 2.05) is 55.5 Å². The van der Waals surface area contributed by atoms with Gasteiger partial charge in [0, 0.05) is 23.5 Å². The van der Waals surface area contributed by atoms with E-state index in [9.17, 15) is 4.79 Å². The molecule has 0 aliphatic heterocycles. The Morgan fingerprint density at radius 1 is 1.04 bits per heavy atom. The van der Waals surface area contributed by atoms with Crippen molar-refractivity contribution >= 4 is 29.0 Å². The highest BCUT2D eigenvalue weighted by Gasteiger charge is 2.07. The van der Waals surface area contributed by atoms with Gasteiger partial charge in [-0.1, -0.05) is 48.0 Å². The zero-order valence-electron chi connectivity index (χ0n) is 13.8. The van der Waals surface area contributed by atoms with Crippen LogP contribution in [0.5, 0.6) is 0 Å². The van der Waals surface area contributed by atoms with Crippen LogP contribution in [-0.4, -0.2) is 10.9 Å². The zero-order valence-corrected chi connectivity index (χ0v) is 14.5. The topological polar surface area (TPSA) is 54.0 Å². The van der Waals surface area contributed by atoms with Crippen LogP contribution in [0.25, 0.3) is 0 Å². The summed E-state index contributed by atoms with van der Waals surface area (Å²) in [5.74, 6) is 0.506. The minimum Gasteiger partial charge on any atom is -0.348 e. The molecular formula is C20H18ClN3O. The van der Waals surface area contributed by atoms with Gasteiger partial charge in [0.25, 0.3) is 5.91 Å². The van der Waals surface area contributed by atoms with Crippen molar-refractivity contribution in [3.63, 3.8) is 0 Å². The van der Waals surface area contributed by atoms with Gasteiger partial charge in [-0.15, -0.1) is 0 Å². The molecule has 3 aromatic rings. The lowest BCUT2D eigenvalue weighted by atomic mass is 10.2. The molecule has 2 N–H and O–H groups in total. The van der Waals surface area contributed by atoms with Gasteiger partial charge >= 0.3 is 0 Å². The Morgan fingerprint density at radius 2 is 1.84 bits per heavy atom. The molecule has 1 aromatic heterocycles. The molecule has 1 heterocycles. The van der Waals surface area contributed by atoms with E-state index in [0.29, 0.717) is 22.9 Å². The van der Waals surface area contributed by atoms with Crippen molar-refractivity contribution < 1.29 is 4.79 Å². The van der Waals surface area contributed by atoms with Gasteiger partial charge in [-0.05, 0) is 42.3 Å². The summed E-state index contributed by atoms with van der Waals surface area (Å²) in [5.41, 5.74) is 3.42. The van der Waals surface area contributed by atoms with E-state index < -0.39 is 0 Å². The highest BCUT2D eigenvalue weighted by atomic mass is 35.5. The molecule has 0 fully saturated rings. The van der Waals surface area contributed by atoms with Gasteiger partial charge in [-0.3, -0.25) is 4.79 Å². The fraction of sp³-hybridized carbons (Fsp3) is 0.100. The quantitative estimate of drug-likeness (QED) is 0.699. The van der Waals surface area contributed by atoms with Crippen molar-refractivity contribution in [1.82, 2.24) is 10.3 Å². The van der Waals surface area contributed by atoms with Gasteiger partial charge in [0.1, 0.15) is 5.82 Å². The van der Waals surface area contributed by atoms with Gasteiger partial charge in [0.05, 0.1) is 5.56 Å². The Bertz CT molecular complexity index is 864. The molecule has 5 heteroatoms. The molecule has 0 aliphatic rings. The van der Waals surface area contributed by atoms with Crippen LogP contribution >= 0.6 is 11.6 Å². The zero-order chi connectivity index (χ0) is 17.6. The average molecular weight is 352 g/mol. The van der Waals surface area contributed by atoms with E-state index in [1.165, 1.54) is 0 Å². The van der Waals surface area contributed by atoms with Crippen molar-refractivity contribution in [2.75, 3.05) is 5.32 Å². The molecule has 0 saturated carbocycles. The van der Waals surface area contributed by atoms with Crippen molar-refractivity contribution in [2.24, 2.45) is 0 Å². The number of hydrogen-bond donors (Lipinski definition) is 2. The normalized spacial score (nSPS) is 10.3. The molecule has 0 unspecified atom stereocenters. The molecule has 0 aliphatic carbocycles. The second kappa shape index (κ2) is 7.81. The van der Waals surface area contributed by atoms with Gasteiger partial charge in [0.2, 0.25) is 0 Å². The number of nitrogens with zero attached hydrogens (tertiary/aromatic N) is 1. The van der Waals surface area contributed by atoms with E-state index in [-0.39, 0.29) is 5.91 Å². The number of hydrogen-bond acceptors (Lipinski definition) is 3. The maximum Gasteiger partial charge on any atom is 0.253 e. The molecule has 25 heavy (non-hydrogen) atoms. The molecule has 0 radical (unpaired) electrons. The van der Waals surface area contributed by atoms with Crippen LogP contribution in [0.2, 0.25) is 5.02 Å². The number of rotatable bonds is 5. The van der Waals surface area contributed by atoms with Crippen LogP contribution in [0.3, 0.4) is 0 Å². The van der Waals surface area contributed by atoms with Gasteiger partial charge in [-0.2, -0.15) is 0 Å². The predicted octanol–water partition coefficient (Wildman–Crippen LogP) is 4.72. The fourth-order valence-electron chi connectivity index (χ4n) is 2.36. The molecule has 0 spiro atoms. The summed E-state index contributed by atoms with van der Waals surface area (Å²) in [6.07, 6.45) is 1.56. The highest BCUT2D eigenvalue weighted by molar-refractivity contribution is 6.31. The summed E-state index contributed by atoms with van der Waals surface area (Å²) >= 11 is 6.12. The molecular weight excluding hydrogens is 334 g/mol. The van der Waals surface area contributed by atoms with E-state index in [0.717, 1.165) is 16.8 Å². The summed E-state index contributed by atoms with van der Waals surface area (Å²) < 4.78 is 0. The monoisotopic (exact) mass is 351 g/mol.